The standard InChI is InChI=1S/C12H9N3O/c1-15-11-8(4-2-7-14-11)10-9(12(15)16)5-3-6-13-10/h2-7H,1H3. The number of hydrogen-bond donors (Lipinski definition) is 0. The molecule has 0 bridgehead atoms. The molecule has 3 heterocycles. The summed E-state index contributed by atoms with van der Waals surface area (Å²) in [5.41, 5.74) is 1.32. The molecule has 78 valence electrons. The van der Waals surface area contributed by atoms with Crippen LogP contribution in [0.3, 0.4) is 0 Å². The predicted octanol–water partition coefficient (Wildman–Crippen LogP) is 1.48. The molecule has 0 atom stereocenters. The fraction of sp³-hybridized carbons (Fsp3) is 0.0833. The van der Waals surface area contributed by atoms with Crippen molar-refractivity contribution in [3.8, 4) is 0 Å². The van der Waals surface area contributed by atoms with E-state index in [4.69, 9.17) is 0 Å². The maximum Gasteiger partial charge on any atom is 0.261 e. The molecule has 0 unspecified atom stereocenters. The molecule has 0 saturated heterocycles. The SMILES string of the molecule is Cn1c(=O)c2cccnc2c2cccnc21. The van der Waals surface area contributed by atoms with Gasteiger partial charge in [-0.3, -0.25) is 14.3 Å². The average molecular weight is 211 g/mol. The Kier molecular flexibility index (Phi) is 1.77. The Morgan fingerprint density at radius 3 is 2.56 bits per heavy atom. The average Bonchev–Trinajstić information content (AvgIpc) is 2.36. The zero-order valence-electron chi connectivity index (χ0n) is 8.71. The minimum absolute atomic E-state index is 0.0608. The van der Waals surface area contributed by atoms with Crippen LogP contribution in [0.2, 0.25) is 0 Å². The summed E-state index contributed by atoms with van der Waals surface area (Å²) < 4.78 is 1.55. The van der Waals surface area contributed by atoms with E-state index in [1.54, 1.807) is 36.1 Å². The van der Waals surface area contributed by atoms with Gasteiger partial charge in [0.25, 0.3) is 5.56 Å². The minimum Gasteiger partial charge on any atom is -0.295 e. The van der Waals surface area contributed by atoms with E-state index >= 15 is 0 Å². The fourth-order valence-corrected chi connectivity index (χ4v) is 1.92. The van der Waals surface area contributed by atoms with Crippen molar-refractivity contribution in [2.45, 2.75) is 0 Å². The molecule has 0 N–H and O–H groups in total. The Hall–Kier alpha value is -2.23. The third-order valence-corrected chi connectivity index (χ3v) is 2.70. The number of rotatable bonds is 0. The normalized spacial score (nSPS) is 11.1. The summed E-state index contributed by atoms with van der Waals surface area (Å²) in [6.45, 7) is 0. The first-order valence-electron chi connectivity index (χ1n) is 4.97. The maximum atomic E-state index is 12.0. The highest BCUT2D eigenvalue weighted by atomic mass is 16.1. The monoisotopic (exact) mass is 211 g/mol. The molecule has 3 aromatic rings. The van der Waals surface area contributed by atoms with Gasteiger partial charge in [0, 0.05) is 24.8 Å². The van der Waals surface area contributed by atoms with Gasteiger partial charge in [-0.25, -0.2) is 4.98 Å². The highest BCUT2D eigenvalue weighted by molar-refractivity contribution is 6.01. The van der Waals surface area contributed by atoms with Gasteiger partial charge in [-0.1, -0.05) is 0 Å². The van der Waals surface area contributed by atoms with Gasteiger partial charge in [0.15, 0.2) is 0 Å². The lowest BCUT2D eigenvalue weighted by Gasteiger charge is -2.06. The summed E-state index contributed by atoms with van der Waals surface area (Å²) in [6, 6.07) is 7.33. The molecule has 3 rings (SSSR count). The predicted molar refractivity (Wildman–Crippen MR) is 62.3 cm³/mol. The lowest BCUT2D eigenvalue weighted by atomic mass is 10.2. The molecule has 4 heteroatoms. The van der Waals surface area contributed by atoms with Crippen molar-refractivity contribution in [3.63, 3.8) is 0 Å². The Morgan fingerprint density at radius 2 is 1.75 bits per heavy atom. The summed E-state index contributed by atoms with van der Waals surface area (Å²) in [4.78, 5) is 20.5. The topological polar surface area (TPSA) is 47.8 Å². The van der Waals surface area contributed by atoms with Crippen LogP contribution in [0.4, 0.5) is 0 Å². The molecule has 0 aliphatic heterocycles. The summed E-state index contributed by atoms with van der Waals surface area (Å²) in [7, 11) is 1.73. The van der Waals surface area contributed by atoms with Crippen LogP contribution in [0.5, 0.6) is 0 Å². The zero-order valence-corrected chi connectivity index (χ0v) is 8.71. The third-order valence-electron chi connectivity index (χ3n) is 2.70. The van der Waals surface area contributed by atoms with Gasteiger partial charge in [-0.2, -0.15) is 0 Å². The lowest BCUT2D eigenvalue weighted by molar-refractivity contribution is 0.898. The number of aromatic nitrogens is 3. The Morgan fingerprint density at radius 1 is 1.06 bits per heavy atom. The molecule has 16 heavy (non-hydrogen) atoms. The number of nitrogens with zero attached hydrogens (tertiary/aromatic N) is 3. The van der Waals surface area contributed by atoms with Crippen molar-refractivity contribution in [1.82, 2.24) is 14.5 Å². The largest absolute Gasteiger partial charge is 0.295 e. The molecular weight excluding hydrogens is 202 g/mol. The molecule has 0 fully saturated rings. The second-order valence-corrected chi connectivity index (χ2v) is 3.64. The molecular formula is C12H9N3O. The lowest BCUT2D eigenvalue weighted by Crippen LogP contribution is -2.18. The van der Waals surface area contributed by atoms with Crippen LogP contribution in [0.25, 0.3) is 21.9 Å². The maximum absolute atomic E-state index is 12.0. The first kappa shape index (κ1) is 9.03. The summed E-state index contributed by atoms with van der Waals surface area (Å²) in [5.74, 6) is 0. The molecule has 0 aliphatic carbocycles. The molecule has 0 aromatic carbocycles. The van der Waals surface area contributed by atoms with Gasteiger partial charge in [-0.05, 0) is 24.3 Å². The van der Waals surface area contributed by atoms with Crippen molar-refractivity contribution >= 4 is 21.9 Å². The number of hydrogen-bond acceptors (Lipinski definition) is 3. The van der Waals surface area contributed by atoms with Crippen LogP contribution >= 0.6 is 0 Å². The summed E-state index contributed by atoms with van der Waals surface area (Å²) in [5, 5.41) is 1.53. The summed E-state index contributed by atoms with van der Waals surface area (Å²) in [6.07, 6.45) is 3.37. The van der Waals surface area contributed by atoms with Crippen molar-refractivity contribution in [2.75, 3.05) is 0 Å². The van der Waals surface area contributed by atoms with E-state index in [1.807, 2.05) is 12.1 Å². The highest BCUT2D eigenvalue weighted by Gasteiger charge is 2.08. The zero-order chi connectivity index (χ0) is 11.1. The van der Waals surface area contributed by atoms with Gasteiger partial charge in [0.2, 0.25) is 0 Å². The first-order chi connectivity index (χ1) is 7.79. The van der Waals surface area contributed by atoms with Gasteiger partial charge < -0.3 is 0 Å². The van der Waals surface area contributed by atoms with E-state index in [1.165, 1.54) is 0 Å². The molecule has 0 amide bonds. The van der Waals surface area contributed by atoms with E-state index in [0.29, 0.717) is 16.6 Å². The molecule has 3 aromatic heterocycles. The van der Waals surface area contributed by atoms with E-state index in [2.05, 4.69) is 9.97 Å². The van der Waals surface area contributed by atoms with Crippen LogP contribution in [0, 0.1) is 0 Å². The third kappa shape index (κ3) is 1.07. The van der Waals surface area contributed by atoms with Gasteiger partial charge in [0.05, 0.1) is 10.9 Å². The molecule has 0 spiro atoms. The fourth-order valence-electron chi connectivity index (χ4n) is 1.92. The molecule has 4 nitrogen and oxygen atoms in total. The Balaban J connectivity index is 2.74. The molecule has 0 aliphatic rings. The van der Waals surface area contributed by atoms with Crippen LogP contribution in [-0.4, -0.2) is 14.5 Å². The van der Waals surface area contributed by atoms with Crippen molar-refractivity contribution in [1.29, 1.82) is 0 Å². The van der Waals surface area contributed by atoms with E-state index < -0.39 is 0 Å². The second kappa shape index (κ2) is 3.13. The highest BCUT2D eigenvalue weighted by Crippen LogP contribution is 2.17. The minimum atomic E-state index is -0.0608. The first-order valence-corrected chi connectivity index (χ1v) is 4.97. The van der Waals surface area contributed by atoms with Gasteiger partial charge in [-0.15, -0.1) is 0 Å². The van der Waals surface area contributed by atoms with Crippen LogP contribution < -0.4 is 5.56 Å². The van der Waals surface area contributed by atoms with Crippen molar-refractivity contribution < 1.29 is 0 Å². The van der Waals surface area contributed by atoms with Crippen LogP contribution in [0.1, 0.15) is 0 Å². The quantitative estimate of drug-likeness (QED) is 0.529. The number of pyridine rings is 3. The van der Waals surface area contributed by atoms with E-state index in [9.17, 15) is 4.79 Å². The van der Waals surface area contributed by atoms with Gasteiger partial charge >= 0.3 is 0 Å². The van der Waals surface area contributed by atoms with Crippen molar-refractivity contribution in [3.05, 3.63) is 47.0 Å². The second-order valence-electron chi connectivity index (χ2n) is 3.64. The Labute approximate surface area is 91.2 Å². The molecule has 0 saturated carbocycles. The van der Waals surface area contributed by atoms with Crippen LogP contribution in [0.15, 0.2) is 41.5 Å². The summed E-state index contributed by atoms with van der Waals surface area (Å²) >= 11 is 0. The van der Waals surface area contributed by atoms with Gasteiger partial charge in [0.1, 0.15) is 5.65 Å². The smallest absolute Gasteiger partial charge is 0.261 e. The Bertz CT molecular complexity index is 746. The van der Waals surface area contributed by atoms with Crippen LogP contribution in [-0.2, 0) is 7.05 Å². The van der Waals surface area contributed by atoms with E-state index in [-0.39, 0.29) is 5.56 Å². The van der Waals surface area contributed by atoms with Crippen molar-refractivity contribution in [2.24, 2.45) is 7.05 Å². The number of fused-ring (bicyclic) bond motifs is 3. The van der Waals surface area contributed by atoms with E-state index in [0.717, 1.165) is 5.39 Å². The molecule has 0 radical (unpaired) electrons. The number of aryl methyl sites for hydroxylation is 1.